The van der Waals surface area contributed by atoms with Crippen LogP contribution in [0, 0.1) is 30.2 Å². The van der Waals surface area contributed by atoms with Crippen LogP contribution in [0.15, 0.2) is 30.3 Å². The lowest BCUT2D eigenvalue weighted by atomic mass is 9.98. The Morgan fingerprint density at radius 2 is 1.70 bits per heavy atom. The van der Waals surface area contributed by atoms with Crippen molar-refractivity contribution in [2.45, 2.75) is 19.4 Å². The van der Waals surface area contributed by atoms with Crippen LogP contribution in [0.2, 0.25) is 0 Å². The largest absolute Gasteiger partial charge is 0.388 e. The van der Waals surface area contributed by atoms with Gasteiger partial charge in [-0.3, -0.25) is 0 Å². The fraction of sp³-hybridized carbons (Fsp3) is 0.200. The van der Waals surface area contributed by atoms with E-state index in [-0.39, 0.29) is 17.5 Å². The molecule has 0 heterocycles. The van der Waals surface area contributed by atoms with Gasteiger partial charge in [0.25, 0.3) is 0 Å². The molecule has 0 fully saturated rings. The molecular weight excluding hydrogens is 272 g/mol. The molecule has 0 aliphatic rings. The lowest BCUT2D eigenvalue weighted by molar-refractivity contribution is 0.167. The highest BCUT2D eigenvalue weighted by Gasteiger charge is 2.21. The number of halogens is 4. The summed E-state index contributed by atoms with van der Waals surface area (Å²) in [6, 6.07) is 5.11. The van der Waals surface area contributed by atoms with Gasteiger partial charge in [0, 0.05) is 12.5 Å². The predicted octanol–water partition coefficient (Wildman–Crippen LogP) is 3.83. The summed E-state index contributed by atoms with van der Waals surface area (Å²) in [4.78, 5) is 0. The minimum atomic E-state index is -1.55. The summed E-state index contributed by atoms with van der Waals surface area (Å²) in [6.07, 6.45) is -1.89. The molecule has 2 aromatic carbocycles. The second kappa shape index (κ2) is 5.63. The third-order valence-electron chi connectivity index (χ3n) is 3.08. The number of hydrogen-bond acceptors (Lipinski definition) is 1. The van der Waals surface area contributed by atoms with E-state index in [1.807, 2.05) is 0 Å². The summed E-state index contributed by atoms with van der Waals surface area (Å²) in [5.74, 6) is -3.38. The second-order valence-corrected chi connectivity index (χ2v) is 4.55. The highest BCUT2D eigenvalue weighted by molar-refractivity contribution is 5.30. The molecule has 5 heteroatoms. The molecule has 0 bridgehead atoms. The van der Waals surface area contributed by atoms with E-state index in [1.54, 1.807) is 0 Å². The molecule has 0 radical (unpaired) electrons. The van der Waals surface area contributed by atoms with Crippen LogP contribution in [-0.4, -0.2) is 5.11 Å². The molecule has 106 valence electrons. The standard InChI is InChI=1S/C15H12F4O/c1-8-2-5-11(17)14(15(8)19)13(20)6-9-3-4-10(16)7-12(9)18/h2-5,7,13,20H,6H2,1H3. The van der Waals surface area contributed by atoms with Crippen molar-refractivity contribution in [3.8, 4) is 0 Å². The van der Waals surface area contributed by atoms with Gasteiger partial charge in [-0.25, -0.2) is 17.6 Å². The summed E-state index contributed by atoms with van der Waals surface area (Å²) in [6.45, 7) is 1.43. The Bertz CT molecular complexity index is 640. The van der Waals surface area contributed by atoms with Crippen molar-refractivity contribution in [3.05, 3.63) is 70.3 Å². The SMILES string of the molecule is Cc1ccc(F)c(C(O)Cc2ccc(F)cc2F)c1F. The van der Waals surface area contributed by atoms with E-state index in [2.05, 4.69) is 0 Å². The third kappa shape index (κ3) is 2.82. The molecule has 0 saturated heterocycles. The average molecular weight is 284 g/mol. The fourth-order valence-corrected chi connectivity index (χ4v) is 1.98. The summed E-state index contributed by atoms with van der Waals surface area (Å²) < 4.78 is 53.7. The van der Waals surface area contributed by atoms with E-state index >= 15 is 0 Å². The van der Waals surface area contributed by atoms with Gasteiger partial charge in [0.2, 0.25) is 0 Å². The highest BCUT2D eigenvalue weighted by atomic mass is 19.1. The summed E-state index contributed by atoms with van der Waals surface area (Å²) in [7, 11) is 0. The zero-order valence-corrected chi connectivity index (χ0v) is 10.6. The molecule has 0 aliphatic carbocycles. The van der Waals surface area contributed by atoms with Crippen LogP contribution >= 0.6 is 0 Å². The first kappa shape index (κ1) is 14.5. The zero-order valence-electron chi connectivity index (χ0n) is 10.6. The van der Waals surface area contributed by atoms with Crippen LogP contribution in [0.25, 0.3) is 0 Å². The molecule has 0 amide bonds. The number of aryl methyl sites for hydroxylation is 1. The topological polar surface area (TPSA) is 20.2 Å². The van der Waals surface area contributed by atoms with Crippen LogP contribution in [0.5, 0.6) is 0 Å². The van der Waals surface area contributed by atoms with E-state index in [4.69, 9.17) is 0 Å². The lowest BCUT2D eigenvalue weighted by Crippen LogP contribution is -2.09. The molecule has 0 aromatic heterocycles. The Kier molecular flexibility index (Phi) is 4.09. The van der Waals surface area contributed by atoms with Crippen LogP contribution in [-0.2, 0) is 6.42 Å². The van der Waals surface area contributed by atoms with Crippen molar-refractivity contribution in [1.82, 2.24) is 0 Å². The van der Waals surface area contributed by atoms with E-state index in [0.29, 0.717) is 6.07 Å². The van der Waals surface area contributed by atoms with Crippen molar-refractivity contribution in [2.75, 3.05) is 0 Å². The van der Waals surface area contributed by atoms with Crippen molar-refractivity contribution < 1.29 is 22.7 Å². The maximum atomic E-state index is 13.8. The smallest absolute Gasteiger partial charge is 0.134 e. The molecule has 0 aliphatic heterocycles. The molecule has 20 heavy (non-hydrogen) atoms. The quantitative estimate of drug-likeness (QED) is 0.849. The lowest BCUT2D eigenvalue weighted by Gasteiger charge is -2.14. The summed E-state index contributed by atoms with van der Waals surface area (Å²) in [5.41, 5.74) is -0.340. The van der Waals surface area contributed by atoms with Crippen LogP contribution in [0.4, 0.5) is 17.6 Å². The van der Waals surface area contributed by atoms with Gasteiger partial charge in [-0.2, -0.15) is 0 Å². The van der Waals surface area contributed by atoms with Gasteiger partial charge in [0.15, 0.2) is 0 Å². The predicted molar refractivity (Wildman–Crippen MR) is 66.1 cm³/mol. The Morgan fingerprint density at radius 1 is 1.00 bits per heavy atom. The van der Waals surface area contributed by atoms with Gasteiger partial charge in [-0.05, 0) is 30.2 Å². The van der Waals surface area contributed by atoms with Gasteiger partial charge in [-0.1, -0.05) is 12.1 Å². The van der Waals surface area contributed by atoms with Gasteiger partial charge in [0.1, 0.15) is 23.3 Å². The molecule has 1 atom stereocenters. The maximum Gasteiger partial charge on any atom is 0.134 e. The van der Waals surface area contributed by atoms with E-state index in [1.165, 1.54) is 13.0 Å². The van der Waals surface area contributed by atoms with Crippen molar-refractivity contribution in [1.29, 1.82) is 0 Å². The van der Waals surface area contributed by atoms with Gasteiger partial charge < -0.3 is 5.11 Å². The minimum absolute atomic E-state index is 0.0146. The Hall–Kier alpha value is -1.88. The Balaban J connectivity index is 2.33. The highest BCUT2D eigenvalue weighted by Crippen LogP contribution is 2.26. The number of hydrogen-bond donors (Lipinski definition) is 1. The second-order valence-electron chi connectivity index (χ2n) is 4.55. The maximum absolute atomic E-state index is 13.8. The number of aliphatic hydroxyl groups is 1. The normalized spacial score (nSPS) is 12.5. The van der Waals surface area contributed by atoms with Crippen LogP contribution in [0.1, 0.15) is 22.8 Å². The number of aliphatic hydroxyl groups excluding tert-OH is 1. The van der Waals surface area contributed by atoms with E-state index < -0.39 is 34.9 Å². The molecule has 2 rings (SSSR count). The van der Waals surface area contributed by atoms with Crippen molar-refractivity contribution >= 4 is 0 Å². The van der Waals surface area contributed by atoms with E-state index in [9.17, 15) is 22.7 Å². The van der Waals surface area contributed by atoms with Crippen LogP contribution in [0.3, 0.4) is 0 Å². The fourth-order valence-electron chi connectivity index (χ4n) is 1.98. The first-order valence-corrected chi connectivity index (χ1v) is 5.96. The molecule has 1 N–H and O–H groups in total. The van der Waals surface area contributed by atoms with E-state index in [0.717, 1.165) is 18.2 Å². The molecule has 1 nitrogen and oxygen atoms in total. The van der Waals surface area contributed by atoms with Crippen molar-refractivity contribution in [2.24, 2.45) is 0 Å². The molecule has 0 spiro atoms. The molecule has 1 unspecified atom stereocenters. The Labute approximate surface area is 113 Å². The monoisotopic (exact) mass is 284 g/mol. The summed E-state index contributed by atoms with van der Waals surface area (Å²) in [5, 5.41) is 9.91. The molecule has 2 aromatic rings. The van der Waals surface area contributed by atoms with Crippen molar-refractivity contribution in [3.63, 3.8) is 0 Å². The van der Waals surface area contributed by atoms with Gasteiger partial charge in [-0.15, -0.1) is 0 Å². The first-order valence-electron chi connectivity index (χ1n) is 5.96. The summed E-state index contributed by atoms with van der Waals surface area (Å²) >= 11 is 0. The van der Waals surface area contributed by atoms with Gasteiger partial charge in [0.05, 0.1) is 11.7 Å². The Morgan fingerprint density at radius 3 is 2.35 bits per heavy atom. The number of rotatable bonds is 3. The molecule has 0 saturated carbocycles. The number of benzene rings is 2. The average Bonchev–Trinajstić information content (AvgIpc) is 2.38. The minimum Gasteiger partial charge on any atom is -0.388 e. The zero-order chi connectivity index (χ0) is 14.9. The van der Waals surface area contributed by atoms with Gasteiger partial charge >= 0.3 is 0 Å². The first-order chi connectivity index (χ1) is 9.40. The molecular formula is C15H12F4O. The third-order valence-corrected chi connectivity index (χ3v) is 3.08. The van der Waals surface area contributed by atoms with Crippen LogP contribution < -0.4 is 0 Å².